The molecule has 1 fully saturated rings. The van der Waals surface area contributed by atoms with E-state index in [1.807, 2.05) is 12.1 Å². The van der Waals surface area contributed by atoms with E-state index in [1.165, 1.54) is 12.1 Å². The van der Waals surface area contributed by atoms with E-state index < -0.39 is 0 Å². The molecule has 17 heavy (non-hydrogen) atoms. The van der Waals surface area contributed by atoms with Crippen LogP contribution in [-0.4, -0.2) is 31.6 Å². The fraction of sp³-hybridized carbons (Fsp3) is 0.571. The third-order valence-electron chi connectivity index (χ3n) is 3.59. The lowest BCUT2D eigenvalue weighted by Gasteiger charge is -2.23. The number of benzene rings is 1. The topological polar surface area (TPSA) is 15.3 Å². The molecule has 0 amide bonds. The second kappa shape index (κ2) is 5.85. The standard InChI is InChI=1S/C14H21ClN2/c1-11-7-16-8-13(11)10-17(2)9-12-3-5-14(15)6-4-12/h3-6,11,13,16H,7-10H2,1-2H3. The number of nitrogens with zero attached hydrogens (tertiary/aromatic N) is 1. The van der Waals surface area contributed by atoms with Crippen molar-refractivity contribution in [2.24, 2.45) is 11.8 Å². The highest BCUT2D eigenvalue weighted by Crippen LogP contribution is 2.18. The molecule has 1 saturated heterocycles. The number of hydrogen-bond donors (Lipinski definition) is 1. The largest absolute Gasteiger partial charge is 0.316 e. The fourth-order valence-electron chi connectivity index (χ4n) is 2.48. The van der Waals surface area contributed by atoms with Gasteiger partial charge in [0.25, 0.3) is 0 Å². The Morgan fingerprint density at radius 3 is 2.59 bits per heavy atom. The van der Waals surface area contributed by atoms with Gasteiger partial charge in [-0.3, -0.25) is 0 Å². The molecule has 1 aromatic rings. The van der Waals surface area contributed by atoms with Crippen molar-refractivity contribution in [1.82, 2.24) is 10.2 Å². The van der Waals surface area contributed by atoms with Crippen LogP contribution in [0, 0.1) is 11.8 Å². The number of hydrogen-bond acceptors (Lipinski definition) is 2. The van der Waals surface area contributed by atoms with Crippen molar-refractivity contribution in [3.63, 3.8) is 0 Å². The van der Waals surface area contributed by atoms with Crippen LogP contribution in [0.25, 0.3) is 0 Å². The van der Waals surface area contributed by atoms with Crippen molar-refractivity contribution in [2.45, 2.75) is 13.5 Å². The summed E-state index contributed by atoms with van der Waals surface area (Å²) in [6.45, 7) is 6.82. The predicted molar refractivity (Wildman–Crippen MR) is 73.3 cm³/mol. The summed E-state index contributed by atoms with van der Waals surface area (Å²) in [4.78, 5) is 2.40. The van der Waals surface area contributed by atoms with Gasteiger partial charge in [0.15, 0.2) is 0 Å². The molecule has 1 N–H and O–H groups in total. The van der Waals surface area contributed by atoms with Crippen molar-refractivity contribution in [3.05, 3.63) is 34.9 Å². The van der Waals surface area contributed by atoms with Crippen LogP contribution in [0.2, 0.25) is 5.02 Å². The molecule has 1 aromatic carbocycles. The van der Waals surface area contributed by atoms with Crippen LogP contribution in [-0.2, 0) is 6.54 Å². The molecule has 3 heteroatoms. The van der Waals surface area contributed by atoms with E-state index in [-0.39, 0.29) is 0 Å². The van der Waals surface area contributed by atoms with Crippen molar-refractivity contribution in [3.8, 4) is 0 Å². The van der Waals surface area contributed by atoms with Gasteiger partial charge in [-0.2, -0.15) is 0 Å². The molecule has 0 spiro atoms. The molecule has 0 aromatic heterocycles. The lowest BCUT2D eigenvalue weighted by molar-refractivity contribution is 0.252. The molecule has 0 radical (unpaired) electrons. The zero-order valence-corrected chi connectivity index (χ0v) is 11.4. The van der Waals surface area contributed by atoms with Crippen LogP contribution in [0.1, 0.15) is 12.5 Å². The highest BCUT2D eigenvalue weighted by atomic mass is 35.5. The predicted octanol–water partition coefficient (Wildman–Crippen LogP) is 2.63. The van der Waals surface area contributed by atoms with E-state index in [9.17, 15) is 0 Å². The summed E-state index contributed by atoms with van der Waals surface area (Å²) < 4.78 is 0. The number of halogens is 1. The van der Waals surface area contributed by atoms with Gasteiger partial charge < -0.3 is 10.2 Å². The van der Waals surface area contributed by atoms with Gasteiger partial charge in [-0.1, -0.05) is 30.7 Å². The van der Waals surface area contributed by atoms with E-state index in [4.69, 9.17) is 11.6 Å². The zero-order valence-electron chi connectivity index (χ0n) is 10.6. The Hall–Kier alpha value is -0.570. The van der Waals surface area contributed by atoms with Crippen molar-refractivity contribution in [1.29, 1.82) is 0 Å². The minimum atomic E-state index is 0.785. The smallest absolute Gasteiger partial charge is 0.0406 e. The van der Waals surface area contributed by atoms with Crippen LogP contribution in [0.3, 0.4) is 0 Å². The first-order valence-electron chi connectivity index (χ1n) is 6.29. The fourth-order valence-corrected chi connectivity index (χ4v) is 2.60. The van der Waals surface area contributed by atoms with E-state index in [0.29, 0.717) is 0 Å². The Bertz CT molecular complexity index is 350. The molecular formula is C14H21ClN2. The average Bonchev–Trinajstić information content (AvgIpc) is 2.68. The van der Waals surface area contributed by atoms with Gasteiger partial charge in [0, 0.05) is 18.1 Å². The molecule has 1 aliphatic rings. The van der Waals surface area contributed by atoms with Gasteiger partial charge in [0.2, 0.25) is 0 Å². The molecular weight excluding hydrogens is 232 g/mol. The van der Waals surface area contributed by atoms with Crippen molar-refractivity contribution < 1.29 is 0 Å². The van der Waals surface area contributed by atoms with E-state index >= 15 is 0 Å². The van der Waals surface area contributed by atoms with Crippen LogP contribution in [0.15, 0.2) is 24.3 Å². The maximum Gasteiger partial charge on any atom is 0.0406 e. The van der Waals surface area contributed by atoms with Gasteiger partial charge in [-0.05, 0) is 49.7 Å². The van der Waals surface area contributed by atoms with Crippen molar-refractivity contribution >= 4 is 11.6 Å². The minimum Gasteiger partial charge on any atom is -0.316 e. The highest BCUT2D eigenvalue weighted by molar-refractivity contribution is 6.30. The van der Waals surface area contributed by atoms with Gasteiger partial charge in [-0.25, -0.2) is 0 Å². The molecule has 2 atom stereocenters. The summed E-state index contributed by atoms with van der Waals surface area (Å²) >= 11 is 5.88. The molecule has 2 unspecified atom stereocenters. The van der Waals surface area contributed by atoms with Gasteiger partial charge >= 0.3 is 0 Å². The first-order chi connectivity index (χ1) is 8.15. The molecule has 1 aliphatic heterocycles. The van der Waals surface area contributed by atoms with Crippen LogP contribution < -0.4 is 5.32 Å². The maximum absolute atomic E-state index is 5.88. The Labute approximate surface area is 109 Å². The maximum atomic E-state index is 5.88. The number of nitrogens with one attached hydrogen (secondary N) is 1. The third kappa shape index (κ3) is 3.70. The Kier molecular flexibility index (Phi) is 4.43. The third-order valence-corrected chi connectivity index (χ3v) is 3.84. The Morgan fingerprint density at radius 2 is 2.00 bits per heavy atom. The molecule has 2 rings (SSSR count). The summed E-state index contributed by atoms with van der Waals surface area (Å²) in [5, 5.41) is 4.26. The van der Waals surface area contributed by atoms with Crippen molar-refractivity contribution in [2.75, 3.05) is 26.7 Å². The Balaban J connectivity index is 1.84. The Morgan fingerprint density at radius 1 is 1.29 bits per heavy atom. The lowest BCUT2D eigenvalue weighted by Crippen LogP contribution is -2.28. The second-order valence-corrected chi connectivity index (χ2v) is 5.66. The second-order valence-electron chi connectivity index (χ2n) is 5.22. The summed E-state index contributed by atoms with van der Waals surface area (Å²) in [7, 11) is 2.19. The van der Waals surface area contributed by atoms with E-state index in [2.05, 4.69) is 36.3 Å². The first kappa shape index (κ1) is 12.9. The van der Waals surface area contributed by atoms with E-state index in [1.54, 1.807) is 0 Å². The molecule has 0 aliphatic carbocycles. The normalized spacial score (nSPS) is 24.5. The van der Waals surface area contributed by atoms with Gasteiger partial charge in [0.05, 0.1) is 0 Å². The quantitative estimate of drug-likeness (QED) is 0.886. The molecule has 2 nitrogen and oxygen atoms in total. The monoisotopic (exact) mass is 252 g/mol. The molecule has 0 bridgehead atoms. The minimum absolute atomic E-state index is 0.785. The van der Waals surface area contributed by atoms with Crippen LogP contribution in [0.4, 0.5) is 0 Å². The van der Waals surface area contributed by atoms with Gasteiger partial charge in [-0.15, -0.1) is 0 Å². The average molecular weight is 253 g/mol. The summed E-state index contributed by atoms with van der Waals surface area (Å²) in [6.07, 6.45) is 0. The lowest BCUT2D eigenvalue weighted by atomic mass is 9.97. The molecule has 1 heterocycles. The number of rotatable bonds is 4. The van der Waals surface area contributed by atoms with Gasteiger partial charge in [0.1, 0.15) is 0 Å². The first-order valence-corrected chi connectivity index (χ1v) is 6.66. The van der Waals surface area contributed by atoms with Crippen LogP contribution in [0.5, 0.6) is 0 Å². The summed E-state index contributed by atoms with van der Waals surface area (Å²) in [6, 6.07) is 8.14. The summed E-state index contributed by atoms with van der Waals surface area (Å²) in [5.74, 6) is 1.58. The molecule has 94 valence electrons. The van der Waals surface area contributed by atoms with E-state index in [0.717, 1.165) is 36.5 Å². The summed E-state index contributed by atoms with van der Waals surface area (Å²) in [5.41, 5.74) is 1.33. The van der Waals surface area contributed by atoms with Crippen LogP contribution >= 0.6 is 11.6 Å². The zero-order chi connectivity index (χ0) is 12.3. The SMILES string of the molecule is CC1CNCC1CN(C)Cc1ccc(Cl)cc1. The highest BCUT2D eigenvalue weighted by Gasteiger charge is 2.23. The molecule has 0 saturated carbocycles.